The molecule has 4 aromatic rings. The Morgan fingerprint density at radius 2 is 1.46 bits per heavy atom. The Morgan fingerprint density at radius 1 is 0.769 bits per heavy atom. The quantitative estimate of drug-likeness (QED) is 0.534. The molecule has 4 heteroatoms. The summed E-state index contributed by atoms with van der Waals surface area (Å²) in [4.78, 5) is 9.13. The number of nitrogens with zero attached hydrogens (tertiary/aromatic N) is 3. The third-order valence-corrected chi connectivity index (χ3v) is 4.44. The average molecular weight is 341 g/mol. The zero-order chi connectivity index (χ0) is 17.9. The topological polar surface area (TPSA) is 39.9 Å². The normalized spacial score (nSPS) is 10.7. The van der Waals surface area contributed by atoms with Crippen molar-refractivity contribution in [1.29, 1.82) is 0 Å². The van der Waals surface area contributed by atoms with Crippen LogP contribution < -0.4 is 4.74 Å². The molecule has 2 aromatic carbocycles. The number of methoxy groups -OCH3 is 1. The van der Waals surface area contributed by atoms with Crippen LogP contribution >= 0.6 is 0 Å². The van der Waals surface area contributed by atoms with Gasteiger partial charge in [-0.2, -0.15) is 0 Å². The largest absolute Gasteiger partial charge is 0.497 e. The van der Waals surface area contributed by atoms with Crippen LogP contribution in [0.25, 0.3) is 33.9 Å². The summed E-state index contributed by atoms with van der Waals surface area (Å²) in [5.74, 6) is 1.75. The molecule has 4 nitrogen and oxygen atoms in total. The van der Waals surface area contributed by atoms with Crippen molar-refractivity contribution in [2.45, 2.75) is 0 Å². The summed E-state index contributed by atoms with van der Waals surface area (Å²) in [6.45, 7) is 0. The van der Waals surface area contributed by atoms with Gasteiger partial charge < -0.3 is 9.30 Å². The molecule has 2 heterocycles. The van der Waals surface area contributed by atoms with Crippen LogP contribution in [0.5, 0.6) is 5.75 Å². The molecular formula is C22H19N3O. The van der Waals surface area contributed by atoms with Gasteiger partial charge in [0.05, 0.1) is 18.5 Å². The monoisotopic (exact) mass is 341 g/mol. The Kier molecular flexibility index (Phi) is 4.23. The third kappa shape index (κ3) is 2.86. The summed E-state index contributed by atoms with van der Waals surface area (Å²) in [6, 6.07) is 22.3. The molecule has 128 valence electrons. The number of hydrogen-bond donors (Lipinski definition) is 0. The lowest BCUT2D eigenvalue weighted by atomic mass is 10.1. The van der Waals surface area contributed by atoms with Crippen LogP contribution in [0.1, 0.15) is 0 Å². The molecule has 0 N–H and O–H groups in total. The summed E-state index contributed by atoms with van der Waals surface area (Å²) in [7, 11) is 3.72. The molecule has 0 radical (unpaired) electrons. The molecule has 0 saturated carbocycles. The van der Waals surface area contributed by atoms with Crippen molar-refractivity contribution in [3.63, 3.8) is 0 Å². The van der Waals surface area contributed by atoms with Gasteiger partial charge in [0.25, 0.3) is 0 Å². The molecular weight excluding hydrogens is 322 g/mol. The average Bonchev–Trinajstić information content (AvgIpc) is 3.06. The van der Waals surface area contributed by atoms with Crippen molar-refractivity contribution in [3.05, 3.63) is 79.1 Å². The Balaban J connectivity index is 1.93. The number of ether oxygens (including phenoxy) is 1. The predicted molar refractivity (Wildman–Crippen MR) is 104 cm³/mol. The molecule has 26 heavy (non-hydrogen) atoms. The van der Waals surface area contributed by atoms with E-state index in [1.165, 1.54) is 0 Å². The second-order valence-electron chi connectivity index (χ2n) is 6.02. The molecule has 0 aliphatic rings. The summed E-state index contributed by atoms with van der Waals surface area (Å²) in [5.41, 5.74) is 5.27. The van der Waals surface area contributed by atoms with Gasteiger partial charge in [-0.15, -0.1) is 0 Å². The van der Waals surface area contributed by atoms with Crippen molar-refractivity contribution >= 4 is 0 Å². The maximum atomic E-state index is 5.27. The Bertz CT molecular complexity index is 1010. The first-order chi connectivity index (χ1) is 12.8. The van der Waals surface area contributed by atoms with Crippen LogP contribution in [0.2, 0.25) is 0 Å². The number of aromatic nitrogens is 3. The first kappa shape index (κ1) is 16.1. The number of hydrogen-bond acceptors (Lipinski definition) is 3. The maximum absolute atomic E-state index is 5.27. The zero-order valence-corrected chi connectivity index (χ0v) is 14.8. The SMILES string of the molecule is COc1ccc(-c2nc(-c3ccccc3)c(-c3ccncc3)n2C)cc1. The minimum atomic E-state index is 0.834. The Morgan fingerprint density at radius 3 is 2.12 bits per heavy atom. The summed E-state index contributed by atoms with van der Waals surface area (Å²) < 4.78 is 7.41. The minimum absolute atomic E-state index is 0.834. The van der Waals surface area contributed by atoms with E-state index in [0.717, 1.165) is 39.7 Å². The van der Waals surface area contributed by atoms with Crippen LogP contribution in [0.15, 0.2) is 79.1 Å². The summed E-state index contributed by atoms with van der Waals surface area (Å²) in [6.07, 6.45) is 3.62. The van der Waals surface area contributed by atoms with Crippen LogP contribution in [0, 0.1) is 0 Å². The van der Waals surface area contributed by atoms with Gasteiger partial charge in [-0.05, 0) is 36.4 Å². The smallest absolute Gasteiger partial charge is 0.140 e. The van der Waals surface area contributed by atoms with Gasteiger partial charge in [0, 0.05) is 36.1 Å². The fourth-order valence-electron chi connectivity index (χ4n) is 3.13. The lowest BCUT2D eigenvalue weighted by Gasteiger charge is -2.08. The van der Waals surface area contributed by atoms with Crippen molar-refractivity contribution in [1.82, 2.24) is 14.5 Å². The van der Waals surface area contributed by atoms with Gasteiger partial charge in [-0.1, -0.05) is 30.3 Å². The van der Waals surface area contributed by atoms with Gasteiger partial charge in [0.15, 0.2) is 0 Å². The fourth-order valence-corrected chi connectivity index (χ4v) is 3.13. The second kappa shape index (κ2) is 6.84. The molecule has 0 unspecified atom stereocenters. The van der Waals surface area contributed by atoms with Crippen LogP contribution in [-0.4, -0.2) is 21.6 Å². The van der Waals surface area contributed by atoms with Crippen LogP contribution in [0.4, 0.5) is 0 Å². The summed E-state index contributed by atoms with van der Waals surface area (Å²) >= 11 is 0. The highest BCUT2D eigenvalue weighted by Crippen LogP contribution is 2.35. The van der Waals surface area contributed by atoms with E-state index in [0.29, 0.717) is 0 Å². The van der Waals surface area contributed by atoms with E-state index < -0.39 is 0 Å². The first-order valence-corrected chi connectivity index (χ1v) is 8.45. The first-order valence-electron chi connectivity index (χ1n) is 8.45. The van der Waals surface area contributed by atoms with Crippen molar-refractivity contribution in [2.75, 3.05) is 7.11 Å². The van der Waals surface area contributed by atoms with Gasteiger partial charge in [0.2, 0.25) is 0 Å². The van der Waals surface area contributed by atoms with E-state index in [1.807, 2.05) is 67.0 Å². The third-order valence-electron chi connectivity index (χ3n) is 4.44. The molecule has 0 bridgehead atoms. The lowest BCUT2D eigenvalue weighted by molar-refractivity contribution is 0.415. The highest BCUT2D eigenvalue weighted by Gasteiger charge is 2.18. The minimum Gasteiger partial charge on any atom is -0.497 e. The van der Waals surface area contributed by atoms with Gasteiger partial charge in [-0.25, -0.2) is 4.98 Å². The van der Waals surface area contributed by atoms with E-state index in [2.05, 4.69) is 28.7 Å². The van der Waals surface area contributed by atoms with Crippen molar-refractivity contribution < 1.29 is 4.74 Å². The summed E-state index contributed by atoms with van der Waals surface area (Å²) in [5, 5.41) is 0. The Labute approximate surface area is 152 Å². The molecule has 0 fully saturated rings. The highest BCUT2D eigenvalue weighted by atomic mass is 16.5. The predicted octanol–water partition coefficient (Wildman–Crippen LogP) is 4.82. The van der Waals surface area contributed by atoms with Crippen molar-refractivity contribution in [3.8, 4) is 39.7 Å². The molecule has 0 saturated heterocycles. The molecule has 0 amide bonds. The molecule has 0 spiro atoms. The number of pyridine rings is 1. The molecule has 0 aliphatic heterocycles. The van der Waals surface area contributed by atoms with Gasteiger partial charge in [-0.3, -0.25) is 4.98 Å². The fraction of sp³-hybridized carbons (Fsp3) is 0.0909. The van der Waals surface area contributed by atoms with E-state index in [1.54, 1.807) is 7.11 Å². The lowest BCUT2D eigenvalue weighted by Crippen LogP contribution is -1.96. The van der Waals surface area contributed by atoms with E-state index in [9.17, 15) is 0 Å². The number of benzene rings is 2. The van der Waals surface area contributed by atoms with E-state index >= 15 is 0 Å². The maximum Gasteiger partial charge on any atom is 0.140 e. The zero-order valence-electron chi connectivity index (χ0n) is 14.8. The molecule has 2 aromatic heterocycles. The van der Waals surface area contributed by atoms with E-state index in [-0.39, 0.29) is 0 Å². The molecule has 4 rings (SSSR count). The van der Waals surface area contributed by atoms with Crippen LogP contribution in [-0.2, 0) is 7.05 Å². The number of imidazole rings is 1. The molecule has 0 aliphatic carbocycles. The van der Waals surface area contributed by atoms with Gasteiger partial charge in [0.1, 0.15) is 11.6 Å². The van der Waals surface area contributed by atoms with Crippen LogP contribution in [0.3, 0.4) is 0 Å². The van der Waals surface area contributed by atoms with Crippen molar-refractivity contribution in [2.24, 2.45) is 7.05 Å². The highest BCUT2D eigenvalue weighted by molar-refractivity contribution is 5.82. The number of rotatable bonds is 4. The van der Waals surface area contributed by atoms with Gasteiger partial charge >= 0.3 is 0 Å². The Hall–Kier alpha value is -3.40. The standard InChI is InChI=1S/C22H19N3O/c1-25-21(17-12-14-23-15-13-17)20(16-6-4-3-5-7-16)24-22(25)18-8-10-19(26-2)11-9-18/h3-15H,1-2H3. The molecule has 0 atom stereocenters. The second-order valence-corrected chi connectivity index (χ2v) is 6.02. The van der Waals surface area contributed by atoms with E-state index in [4.69, 9.17) is 9.72 Å².